The van der Waals surface area contributed by atoms with Gasteiger partial charge < -0.3 is 4.74 Å². The molecule has 0 spiro atoms. The molecule has 0 aromatic heterocycles. The molecule has 0 fully saturated rings. The van der Waals surface area contributed by atoms with Gasteiger partial charge in [-0.15, -0.1) is 6.42 Å². The minimum absolute atomic E-state index is 0.712. The van der Waals surface area contributed by atoms with E-state index in [-0.39, 0.29) is 0 Å². The number of rotatable bonds is 6. The van der Waals surface area contributed by atoms with Gasteiger partial charge in [0.1, 0.15) is 5.56 Å². The standard InChI is InChI=1S/C12H16ClNO/c1-3-10-4-5-12(13)8-11(10)9-14-6-7-15-2/h3-5,8,14H,1,6-7,9H2,2H3. The average Bonchev–Trinajstić information content (AvgIpc) is 2.25. The van der Waals surface area contributed by atoms with Crippen LogP contribution in [0.5, 0.6) is 0 Å². The second-order valence-electron chi connectivity index (χ2n) is 3.22. The maximum Gasteiger partial charge on any atom is 0.101 e. The highest BCUT2D eigenvalue weighted by atomic mass is 35.5. The molecule has 0 aliphatic rings. The van der Waals surface area contributed by atoms with Crippen molar-refractivity contribution in [2.24, 2.45) is 0 Å². The maximum atomic E-state index is 5.93. The zero-order chi connectivity index (χ0) is 11.1. The number of hydrogen-bond acceptors (Lipinski definition) is 2. The van der Waals surface area contributed by atoms with Gasteiger partial charge in [-0.2, -0.15) is 0 Å². The Hall–Kier alpha value is -0.700. The first-order chi connectivity index (χ1) is 7.27. The Morgan fingerprint density at radius 3 is 3.00 bits per heavy atom. The summed E-state index contributed by atoms with van der Waals surface area (Å²) in [4.78, 5) is 0. The molecule has 1 aromatic carbocycles. The van der Waals surface area contributed by atoms with Gasteiger partial charge in [0, 0.05) is 31.9 Å². The molecule has 0 amide bonds. The molecule has 0 heterocycles. The minimum Gasteiger partial charge on any atom is -0.383 e. The molecular weight excluding hydrogens is 210 g/mol. The summed E-state index contributed by atoms with van der Waals surface area (Å²) >= 11 is 5.93. The van der Waals surface area contributed by atoms with Crippen molar-refractivity contribution in [3.8, 4) is 0 Å². The molecule has 0 bridgehead atoms. The normalized spacial score (nSPS) is 10.3. The van der Waals surface area contributed by atoms with Crippen LogP contribution in [0.3, 0.4) is 0 Å². The molecule has 0 atom stereocenters. The topological polar surface area (TPSA) is 21.3 Å². The smallest absolute Gasteiger partial charge is 0.101 e. The first kappa shape index (κ1) is 12.4. The van der Waals surface area contributed by atoms with Crippen LogP contribution in [0.25, 0.3) is 0 Å². The Morgan fingerprint density at radius 2 is 2.33 bits per heavy atom. The summed E-state index contributed by atoms with van der Waals surface area (Å²) in [5.41, 5.74) is 2.28. The summed E-state index contributed by atoms with van der Waals surface area (Å²) < 4.78 is 4.95. The van der Waals surface area contributed by atoms with Gasteiger partial charge in [0.2, 0.25) is 0 Å². The van der Waals surface area contributed by atoms with E-state index in [0.717, 1.165) is 29.2 Å². The lowest BCUT2D eigenvalue weighted by Crippen LogP contribution is -2.19. The molecule has 82 valence electrons. The quantitative estimate of drug-likeness (QED) is 0.593. The van der Waals surface area contributed by atoms with Gasteiger partial charge in [-0.1, -0.05) is 11.6 Å². The first-order valence-corrected chi connectivity index (χ1v) is 5.26. The van der Waals surface area contributed by atoms with Crippen LogP contribution in [0.1, 0.15) is 11.1 Å². The Morgan fingerprint density at radius 1 is 1.53 bits per heavy atom. The third-order valence-corrected chi connectivity index (χ3v) is 2.36. The van der Waals surface area contributed by atoms with Crippen LogP contribution in [-0.4, -0.2) is 20.3 Å². The number of benzene rings is 1. The predicted octanol–water partition coefficient (Wildman–Crippen LogP) is 2.46. The van der Waals surface area contributed by atoms with Gasteiger partial charge >= 0.3 is 0 Å². The van der Waals surface area contributed by atoms with Gasteiger partial charge in [0.25, 0.3) is 0 Å². The second-order valence-corrected chi connectivity index (χ2v) is 3.65. The summed E-state index contributed by atoms with van der Waals surface area (Å²) in [6.07, 6.45) is 1.84. The van der Waals surface area contributed by atoms with Crippen molar-refractivity contribution in [1.82, 2.24) is 5.32 Å². The molecule has 1 N–H and O–H groups in total. The minimum atomic E-state index is 0.712. The van der Waals surface area contributed by atoms with Crippen molar-refractivity contribution in [3.63, 3.8) is 0 Å². The summed E-state index contributed by atoms with van der Waals surface area (Å²) in [6, 6.07) is 5.80. The number of nitrogens with one attached hydrogen (secondary N) is 1. The van der Waals surface area contributed by atoms with Gasteiger partial charge in [-0.05, 0) is 0 Å². The highest BCUT2D eigenvalue weighted by Gasteiger charge is 2.07. The molecule has 0 radical (unpaired) electrons. The first-order valence-electron chi connectivity index (χ1n) is 4.88. The van der Waals surface area contributed by atoms with E-state index in [9.17, 15) is 0 Å². The van der Waals surface area contributed by atoms with Crippen LogP contribution in [0, 0.1) is 13.3 Å². The lowest BCUT2D eigenvalue weighted by Gasteiger charge is -2.05. The van der Waals surface area contributed by atoms with E-state index < -0.39 is 0 Å². The van der Waals surface area contributed by atoms with Crippen molar-refractivity contribution in [1.29, 1.82) is 0 Å². The SMILES string of the molecule is [CH2-][CH+]c1ccc(Cl)cc1CNCCOC. The molecule has 0 saturated carbocycles. The third kappa shape index (κ3) is 4.12. The summed E-state index contributed by atoms with van der Waals surface area (Å²) in [6.45, 7) is 6.10. The molecule has 1 rings (SSSR count). The van der Waals surface area contributed by atoms with Crippen LogP contribution in [0.15, 0.2) is 18.2 Å². The lowest BCUT2D eigenvalue weighted by molar-refractivity contribution is 0.199. The van der Waals surface area contributed by atoms with E-state index in [2.05, 4.69) is 12.2 Å². The predicted molar refractivity (Wildman–Crippen MR) is 63.8 cm³/mol. The Kier molecular flexibility index (Phi) is 5.54. The molecule has 1 aromatic rings. The molecular formula is C12H16ClNO. The number of ether oxygens (including phenoxy) is 1. The van der Waals surface area contributed by atoms with Crippen LogP contribution in [0.2, 0.25) is 5.02 Å². The van der Waals surface area contributed by atoms with E-state index in [1.54, 1.807) is 7.11 Å². The number of halogens is 1. The fourth-order valence-electron chi connectivity index (χ4n) is 1.32. The molecule has 0 unspecified atom stereocenters. The summed E-state index contributed by atoms with van der Waals surface area (Å²) in [5.74, 6) is 0. The highest BCUT2D eigenvalue weighted by molar-refractivity contribution is 6.30. The monoisotopic (exact) mass is 225 g/mol. The van der Waals surface area contributed by atoms with Gasteiger partial charge in [-0.25, -0.2) is 0 Å². The van der Waals surface area contributed by atoms with Gasteiger partial charge in [0.15, 0.2) is 0 Å². The fourth-order valence-corrected chi connectivity index (χ4v) is 1.52. The van der Waals surface area contributed by atoms with Crippen molar-refractivity contribution in [2.45, 2.75) is 6.54 Å². The van der Waals surface area contributed by atoms with Gasteiger partial charge in [0.05, 0.1) is 23.7 Å². The number of hydrogen-bond donors (Lipinski definition) is 1. The highest BCUT2D eigenvalue weighted by Crippen LogP contribution is 2.17. The zero-order valence-electron chi connectivity index (χ0n) is 8.92. The lowest BCUT2D eigenvalue weighted by atomic mass is 10.1. The molecule has 0 saturated heterocycles. The summed E-state index contributed by atoms with van der Waals surface area (Å²) in [7, 11) is 1.69. The number of methoxy groups -OCH3 is 1. The van der Waals surface area contributed by atoms with E-state index in [0.29, 0.717) is 6.61 Å². The van der Waals surface area contributed by atoms with E-state index in [4.69, 9.17) is 16.3 Å². The largest absolute Gasteiger partial charge is 0.383 e. The Balaban J connectivity index is 2.54. The van der Waals surface area contributed by atoms with Gasteiger partial charge in [-0.3, -0.25) is 12.2 Å². The van der Waals surface area contributed by atoms with Crippen LogP contribution < -0.4 is 5.32 Å². The average molecular weight is 226 g/mol. The maximum absolute atomic E-state index is 5.93. The molecule has 15 heavy (non-hydrogen) atoms. The van der Waals surface area contributed by atoms with Crippen LogP contribution >= 0.6 is 11.6 Å². The van der Waals surface area contributed by atoms with E-state index in [1.807, 2.05) is 24.6 Å². The Labute approximate surface area is 96.6 Å². The molecule has 0 aliphatic carbocycles. The van der Waals surface area contributed by atoms with Crippen molar-refractivity contribution in [2.75, 3.05) is 20.3 Å². The Bertz CT molecular complexity index is 302. The zero-order valence-corrected chi connectivity index (χ0v) is 9.68. The van der Waals surface area contributed by atoms with E-state index >= 15 is 0 Å². The molecule has 0 aliphatic heterocycles. The fraction of sp³-hybridized carbons (Fsp3) is 0.333. The third-order valence-electron chi connectivity index (χ3n) is 2.12. The van der Waals surface area contributed by atoms with Crippen LogP contribution in [-0.2, 0) is 11.3 Å². The van der Waals surface area contributed by atoms with Crippen molar-refractivity contribution >= 4 is 11.6 Å². The molecule has 3 heteroatoms. The summed E-state index contributed by atoms with van der Waals surface area (Å²) in [5, 5.41) is 4.03. The van der Waals surface area contributed by atoms with Crippen molar-refractivity contribution in [3.05, 3.63) is 47.7 Å². The van der Waals surface area contributed by atoms with Crippen LogP contribution in [0.4, 0.5) is 0 Å². The van der Waals surface area contributed by atoms with Crippen molar-refractivity contribution < 1.29 is 4.74 Å². The molecule has 2 nitrogen and oxygen atoms in total. The second kappa shape index (κ2) is 6.72. The van der Waals surface area contributed by atoms with E-state index in [1.165, 1.54) is 0 Å².